The van der Waals surface area contributed by atoms with Gasteiger partial charge in [-0.15, -0.1) is 0 Å². The molecule has 0 aromatic rings. The predicted molar refractivity (Wildman–Crippen MR) is 65.3 cm³/mol. The average Bonchev–Trinajstić information content (AvgIpc) is 2.74. The average molecular weight is 221 g/mol. The molecule has 1 heterocycles. The highest BCUT2D eigenvalue weighted by Gasteiger charge is 2.59. The Kier molecular flexibility index (Phi) is 2.60. The topological polar surface area (TPSA) is 21.3 Å². The number of rotatable bonds is 2. The minimum atomic E-state index is 0.326. The molecule has 1 saturated carbocycles. The monoisotopic (exact) mass is 221 g/mol. The highest BCUT2D eigenvalue weighted by molar-refractivity contribution is 5.13. The predicted octanol–water partition coefficient (Wildman–Crippen LogP) is 2.50. The zero-order valence-corrected chi connectivity index (χ0v) is 10.4. The van der Waals surface area contributed by atoms with E-state index in [2.05, 4.69) is 31.3 Å². The van der Waals surface area contributed by atoms with Crippen molar-refractivity contribution < 1.29 is 4.74 Å². The lowest BCUT2D eigenvalue weighted by Crippen LogP contribution is -2.67. The molecule has 1 saturated heterocycles. The quantitative estimate of drug-likeness (QED) is 0.723. The fourth-order valence-corrected chi connectivity index (χ4v) is 3.84. The fraction of sp³-hybridized carbons (Fsp3) is 0.857. The summed E-state index contributed by atoms with van der Waals surface area (Å²) in [6, 6.07) is 1.27. The van der Waals surface area contributed by atoms with Crippen molar-refractivity contribution in [3.05, 3.63) is 12.2 Å². The van der Waals surface area contributed by atoms with E-state index in [-0.39, 0.29) is 0 Å². The molecule has 2 aliphatic carbocycles. The van der Waals surface area contributed by atoms with E-state index < -0.39 is 0 Å². The molecule has 2 heteroatoms. The molecule has 0 amide bonds. The van der Waals surface area contributed by atoms with Gasteiger partial charge in [0, 0.05) is 30.0 Å². The Bertz CT molecular complexity index is 297. The Balaban J connectivity index is 1.66. The van der Waals surface area contributed by atoms with Gasteiger partial charge < -0.3 is 10.1 Å². The normalized spacial score (nSPS) is 45.1. The first kappa shape index (κ1) is 10.8. The summed E-state index contributed by atoms with van der Waals surface area (Å²) >= 11 is 0. The van der Waals surface area contributed by atoms with Gasteiger partial charge >= 0.3 is 0 Å². The summed E-state index contributed by atoms with van der Waals surface area (Å²) in [7, 11) is 0. The molecule has 90 valence electrons. The lowest BCUT2D eigenvalue weighted by molar-refractivity contribution is -0.114. The largest absolute Gasteiger partial charge is 0.377 e. The molecule has 2 fully saturated rings. The van der Waals surface area contributed by atoms with Gasteiger partial charge in [0.15, 0.2) is 0 Å². The van der Waals surface area contributed by atoms with E-state index in [9.17, 15) is 0 Å². The van der Waals surface area contributed by atoms with Crippen LogP contribution in [0.1, 0.15) is 39.5 Å². The van der Waals surface area contributed by atoms with Crippen LogP contribution >= 0.6 is 0 Å². The Morgan fingerprint density at radius 3 is 2.94 bits per heavy atom. The Morgan fingerprint density at radius 2 is 2.19 bits per heavy atom. The first-order valence-electron chi connectivity index (χ1n) is 6.74. The van der Waals surface area contributed by atoms with Crippen molar-refractivity contribution in [3.8, 4) is 0 Å². The summed E-state index contributed by atoms with van der Waals surface area (Å²) in [6.07, 6.45) is 10.4. The van der Waals surface area contributed by atoms with Crippen LogP contribution in [0.4, 0.5) is 0 Å². The second-order valence-corrected chi connectivity index (χ2v) is 6.18. The van der Waals surface area contributed by atoms with Crippen LogP contribution in [-0.4, -0.2) is 24.8 Å². The van der Waals surface area contributed by atoms with Crippen molar-refractivity contribution in [2.45, 2.75) is 57.7 Å². The number of hydrogen-bond donors (Lipinski definition) is 1. The molecule has 16 heavy (non-hydrogen) atoms. The minimum Gasteiger partial charge on any atom is -0.377 e. The van der Waals surface area contributed by atoms with Crippen molar-refractivity contribution in [2.75, 3.05) is 6.61 Å². The van der Waals surface area contributed by atoms with Crippen LogP contribution in [0.15, 0.2) is 12.2 Å². The number of hydrogen-bond acceptors (Lipinski definition) is 2. The van der Waals surface area contributed by atoms with Crippen molar-refractivity contribution in [2.24, 2.45) is 11.3 Å². The van der Waals surface area contributed by atoms with E-state index in [0.29, 0.717) is 23.6 Å². The molecular weight excluding hydrogens is 198 g/mol. The molecule has 1 aliphatic heterocycles. The van der Waals surface area contributed by atoms with Crippen LogP contribution in [0, 0.1) is 11.3 Å². The van der Waals surface area contributed by atoms with Gasteiger partial charge in [0.2, 0.25) is 0 Å². The van der Waals surface area contributed by atoms with Gasteiger partial charge in [-0.3, -0.25) is 0 Å². The van der Waals surface area contributed by atoms with Crippen LogP contribution in [0.25, 0.3) is 0 Å². The third-order valence-corrected chi connectivity index (χ3v) is 4.75. The highest BCUT2D eigenvalue weighted by atomic mass is 16.5. The van der Waals surface area contributed by atoms with E-state index in [1.54, 1.807) is 0 Å². The fourth-order valence-electron chi connectivity index (χ4n) is 3.84. The van der Waals surface area contributed by atoms with Gasteiger partial charge in [0.05, 0.1) is 6.10 Å². The SMILES string of the molecule is CC1(C)C(NC2C=CCCC2)C2CCOC21. The third-order valence-electron chi connectivity index (χ3n) is 4.75. The lowest BCUT2D eigenvalue weighted by atomic mass is 9.57. The maximum absolute atomic E-state index is 5.83. The zero-order chi connectivity index (χ0) is 11.2. The van der Waals surface area contributed by atoms with Crippen LogP contribution in [0.5, 0.6) is 0 Å². The second-order valence-electron chi connectivity index (χ2n) is 6.18. The van der Waals surface area contributed by atoms with Gasteiger partial charge in [-0.2, -0.15) is 0 Å². The summed E-state index contributed by atoms with van der Waals surface area (Å²) in [5.41, 5.74) is 0.326. The maximum atomic E-state index is 5.83. The Hall–Kier alpha value is -0.340. The second kappa shape index (κ2) is 3.85. The lowest BCUT2D eigenvalue weighted by Gasteiger charge is -2.55. The van der Waals surface area contributed by atoms with Crippen LogP contribution in [-0.2, 0) is 4.74 Å². The number of ether oxygens (including phenoxy) is 1. The van der Waals surface area contributed by atoms with Crippen molar-refractivity contribution >= 4 is 0 Å². The maximum Gasteiger partial charge on any atom is 0.0685 e. The molecular formula is C14H23NO. The summed E-state index contributed by atoms with van der Waals surface area (Å²) in [6.45, 7) is 5.67. The molecule has 4 atom stereocenters. The number of fused-ring (bicyclic) bond motifs is 1. The molecule has 0 spiro atoms. The Labute approximate surface area is 98.4 Å². The molecule has 3 rings (SSSR count). The molecule has 0 radical (unpaired) electrons. The van der Waals surface area contributed by atoms with Gasteiger partial charge in [-0.25, -0.2) is 0 Å². The summed E-state index contributed by atoms with van der Waals surface area (Å²) in [4.78, 5) is 0. The molecule has 0 aromatic carbocycles. The smallest absolute Gasteiger partial charge is 0.0685 e. The molecule has 0 aromatic heterocycles. The molecule has 1 N–H and O–H groups in total. The number of nitrogens with one attached hydrogen (secondary N) is 1. The summed E-state index contributed by atoms with van der Waals surface area (Å²) in [5.74, 6) is 0.769. The van der Waals surface area contributed by atoms with Crippen LogP contribution in [0.2, 0.25) is 0 Å². The summed E-state index contributed by atoms with van der Waals surface area (Å²) < 4.78 is 5.83. The molecule has 2 nitrogen and oxygen atoms in total. The van der Waals surface area contributed by atoms with Crippen LogP contribution < -0.4 is 5.32 Å². The van der Waals surface area contributed by atoms with Gasteiger partial charge in [-0.1, -0.05) is 26.0 Å². The standard InChI is InChI=1S/C14H23NO/c1-14(2)12(11-8-9-16-13(11)14)15-10-6-4-3-5-7-10/h4,6,10-13,15H,3,5,7-9H2,1-2H3. The van der Waals surface area contributed by atoms with Crippen molar-refractivity contribution in [1.29, 1.82) is 0 Å². The van der Waals surface area contributed by atoms with E-state index in [4.69, 9.17) is 4.74 Å². The van der Waals surface area contributed by atoms with Crippen molar-refractivity contribution in [3.63, 3.8) is 0 Å². The minimum absolute atomic E-state index is 0.326. The van der Waals surface area contributed by atoms with Gasteiger partial charge in [0.25, 0.3) is 0 Å². The van der Waals surface area contributed by atoms with E-state index in [0.717, 1.165) is 12.5 Å². The third kappa shape index (κ3) is 1.54. The van der Waals surface area contributed by atoms with Crippen molar-refractivity contribution in [1.82, 2.24) is 5.32 Å². The first-order chi connectivity index (χ1) is 7.69. The van der Waals surface area contributed by atoms with Gasteiger partial charge in [-0.05, 0) is 25.7 Å². The molecule has 3 aliphatic rings. The molecule has 0 bridgehead atoms. The summed E-state index contributed by atoms with van der Waals surface area (Å²) in [5, 5.41) is 3.85. The van der Waals surface area contributed by atoms with Crippen LogP contribution in [0.3, 0.4) is 0 Å². The molecule has 4 unspecified atom stereocenters. The zero-order valence-electron chi connectivity index (χ0n) is 10.4. The van der Waals surface area contributed by atoms with E-state index in [1.807, 2.05) is 0 Å². The van der Waals surface area contributed by atoms with Gasteiger partial charge in [0.1, 0.15) is 0 Å². The van der Waals surface area contributed by atoms with E-state index in [1.165, 1.54) is 25.7 Å². The number of allylic oxidation sites excluding steroid dienone is 1. The van der Waals surface area contributed by atoms with E-state index >= 15 is 0 Å². The highest BCUT2D eigenvalue weighted by Crippen LogP contribution is 2.52. The Morgan fingerprint density at radius 1 is 1.31 bits per heavy atom. The first-order valence-corrected chi connectivity index (χ1v) is 6.74.